The van der Waals surface area contributed by atoms with Crippen molar-refractivity contribution in [3.63, 3.8) is 0 Å². The average Bonchev–Trinajstić information content (AvgIpc) is 3.10. The van der Waals surface area contributed by atoms with Crippen molar-refractivity contribution in [2.45, 2.75) is 6.92 Å². The summed E-state index contributed by atoms with van der Waals surface area (Å²) in [6.45, 7) is 1.77. The molecule has 0 unspecified atom stereocenters. The Morgan fingerprint density at radius 1 is 1.03 bits per heavy atom. The summed E-state index contributed by atoms with van der Waals surface area (Å²) in [7, 11) is 1.76. The Kier molecular flexibility index (Phi) is 4.94. The van der Waals surface area contributed by atoms with Crippen LogP contribution in [-0.4, -0.2) is 20.4 Å². The number of rotatable bonds is 3. The van der Waals surface area contributed by atoms with Crippen molar-refractivity contribution in [2.75, 3.05) is 4.90 Å². The quantitative estimate of drug-likeness (QED) is 0.641. The topological polar surface area (TPSA) is 71.1 Å². The van der Waals surface area contributed by atoms with Crippen LogP contribution < -0.4 is 10.5 Å². The van der Waals surface area contributed by atoms with Crippen molar-refractivity contribution < 1.29 is 4.79 Å². The van der Waals surface area contributed by atoms with Crippen molar-refractivity contribution in [3.8, 4) is 5.69 Å². The fourth-order valence-electron chi connectivity index (χ4n) is 3.21. The van der Waals surface area contributed by atoms with E-state index in [0.29, 0.717) is 21.3 Å². The van der Waals surface area contributed by atoms with E-state index in [1.54, 1.807) is 49.0 Å². The van der Waals surface area contributed by atoms with Gasteiger partial charge in [0.2, 0.25) is 0 Å². The van der Waals surface area contributed by atoms with Gasteiger partial charge in [0.1, 0.15) is 5.69 Å². The molecule has 29 heavy (non-hydrogen) atoms. The number of para-hydroxylation sites is 1. The monoisotopic (exact) mass is 424 g/mol. The number of hydrogen-bond acceptors (Lipinski definition) is 4. The van der Waals surface area contributed by atoms with Gasteiger partial charge in [0.15, 0.2) is 5.17 Å². The SMILES string of the molecule is Cc1c(N2C(=N)S/C(=C\c3ccc(Cl)cc3)C2=O)c(=O)n(-c2ccccc2)n1C. The average molecular weight is 425 g/mol. The fourth-order valence-corrected chi connectivity index (χ4v) is 4.19. The smallest absolute Gasteiger partial charge is 0.283 e. The molecule has 0 aliphatic carbocycles. The first-order valence-corrected chi connectivity index (χ1v) is 10.00. The lowest BCUT2D eigenvalue weighted by Gasteiger charge is -2.12. The number of amidine groups is 1. The largest absolute Gasteiger partial charge is 0.296 e. The van der Waals surface area contributed by atoms with Crippen LogP contribution in [0.3, 0.4) is 0 Å². The zero-order valence-corrected chi connectivity index (χ0v) is 17.3. The van der Waals surface area contributed by atoms with Crippen LogP contribution in [0.25, 0.3) is 11.8 Å². The predicted octanol–water partition coefficient (Wildman–Crippen LogP) is 4.19. The Hall–Kier alpha value is -3.03. The lowest BCUT2D eigenvalue weighted by molar-refractivity contribution is -0.113. The number of nitrogens with one attached hydrogen (secondary N) is 1. The Balaban J connectivity index is 1.78. The first-order valence-electron chi connectivity index (χ1n) is 8.80. The second-order valence-electron chi connectivity index (χ2n) is 6.52. The van der Waals surface area contributed by atoms with Crippen LogP contribution in [0.4, 0.5) is 5.69 Å². The number of anilines is 1. The van der Waals surface area contributed by atoms with E-state index in [2.05, 4.69) is 0 Å². The highest BCUT2D eigenvalue weighted by Crippen LogP contribution is 2.35. The molecule has 0 saturated carbocycles. The van der Waals surface area contributed by atoms with E-state index in [9.17, 15) is 9.59 Å². The Bertz CT molecular complexity index is 1210. The summed E-state index contributed by atoms with van der Waals surface area (Å²) >= 11 is 6.95. The third-order valence-corrected chi connectivity index (χ3v) is 5.88. The number of hydrogen-bond donors (Lipinski definition) is 1. The van der Waals surface area contributed by atoms with E-state index in [0.717, 1.165) is 17.3 Å². The molecule has 0 radical (unpaired) electrons. The molecule has 1 amide bonds. The molecule has 1 saturated heterocycles. The molecule has 2 heterocycles. The van der Waals surface area contributed by atoms with Crippen LogP contribution in [0.15, 0.2) is 64.3 Å². The van der Waals surface area contributed by atoms with Crippen LogP contribution in [0.1, 0.15) is 11.3 Å². The van der Waals surface area contributed by atoms with E-state index in [1.807, 2.05) is 30.3 Å². The summed E-state index contributed by atoms with van der Waals surface area (Å²) in [6.07, 6.45) is 1.70. The summed E-state index contributed by atoms with van der Waals surface area (Å²) < 4.78 is 3.19. The number of aromatic nitrogens is 2. The van der Waals surface area contributed by atoms with Gasteiger partial charge in [-0.05, 0) is 54.6 Å². The first-order chi connectivity index (χ1) is 13.9. The summed E-state index contributed by atoms with van der Waals surface area (Å²) in [6, 6.07) is 16.3. The van der Waals surface area contributed by atoms with E-state index < -0.39 is 0 Å². The second kappa shape index (κ2) is 7.42. The summed E-state index contributed by atoms with van der Waals surface area (Å²) in [5, 5.41) is 8.94. The Morgan fingerprint density at radius 2 is 1.69 bits per heavy atom. The maximum atomic E-state index is 13.2. The molecular formula is C21H17ClN4O2S. The highest BCUT2D eigenvalue weighted by molar-refractivity contribution is 8.19. The van der Waals surface area contributed by atoms with Crippen LogP contribution in [0.2, 0.25) is 5.02 Å². The number of nitrogens with zero attached hydrogens (tertiary/aromatic N) is 3. The van der Waals surface area contributed by atoms with E-state index in [4.69, 9.17) is 17.0 Å². The van der Waals surface area contributed by atoms with Crippen molar-refractivity contribution in [1.82, 2.24) is 9.36 Å². The van der Waals surface area contributed by atoms with Gasteiger partial charge in [-0.15, -0.1) is 0 Å². The number of carbonyl (C=O) groups excluding carboxylic acids is 1. The van der Waals surface area contributed by atoms with E-state index in [1.165, 1.54) is 9.58 Å². The fraction of sp³-hybridized carbons (Fsp3) is 0.0952. The minimum absolute atomic E-state index is 0.00113. The van der Waals surface area contributed by atoms with Crippen LogP contribution in [0, 0.1) is 12.3 Å². The molecule has 1 N–H and O–H groups in total. The van der Waals surface area contributed by atoms with Crippen molar-refractivity contribution in [3.05, 3.63) is 86.1 Å². The highest BCUT2D eigenvalue weighted by atomic mass is 35.5. The standard InChI is InChI=1S/C21H17ClN4O2S/c1-13-18(20(28)26(24(13)2)16-6-4-3-5-7-16)25-19(27)17(29-21(25)23)12-14-8-10-15(22)11-9-14/h3-12,23H,1-2H3/b17-12-,23-21?. The Labute approximate surface area is 176 Å². The molecule has 3 aromatic rings. The van der Waals surface area contributed by atoms with E-state index >= 15 is 0 Å². The number of carbonyl (C=O) groups is 1. The van der Waals surface area contributed by atoms with Crippen molar-refractivity contribution in [2.24, 2.45) is 7.05 Å². The molecule has 8 heteroatoms. The van der Waals surface area contributed by atoms with Gasteiger partial charge in [-0.3, -0.25) is 19.7 Å². The predicted molar refractivity (Wildman–Crippen MR) is 118 cm³/mol. The number of benzene rings is 2. The van der Waals surface area contributed by atoms with Crippen LogP contribution in [-0.2, 0) is 11.8 Å². The molecule has 0 bridgehead atoms. The van der Waals surface area contributed by atoms with Gasteiger partial charge in [0.25, 0.3) is 11.5 Å². The number of thioether (sulfide) groups is 1. The van der Waals surface area contributed by atoms with Gasteiger partial charge in [-0.2, -0.15) is 0 Å². The van der Waals surface area contributed by atoms with Crippen LogP contribution >= 0.6 is 23.4 Å². The number of amides is 1. The second-order valence-corrected chi connectivity index (χ2v) is 7.99. The molecule has 2 aromatic carbocycles. The first kappa shape index (κ1) is 19.3. The molecule has 6 nitrogen and oxygen atoms in total. The minimum atomic E-state index is -0.388. The molecule has 4 rings (SSSR count). The van der Waals surface area contributed by atoms with Crippen LogP contribution in [0.5, 0.6) is 0 Å². The summed E-state index contributed by atoms with van der Waals surface area (Å²) in [5.41, 5.74) is 1.94. The van der Waals surface area contributed by atoms with E-state index in [-0.39, 0.29) is 22.3 Å². The maximum absolute atomic E-state index is 13.2. The molecule has 146 valence electrons. The molecule has 1 aliphatic rings. The van der Waals surface area contributed by atoms with Gasteiger partial charge in [-0.25, -0.2) is 9.58 Å². The molecule has 1 fully saturated rings. The molecule has 0 spiro atoms. The lowest BCUT2D eigenvalue weighted by Crippen LogP contribution is -2.33. The molecular weight excluding hydrogens is 408 g/mol. The number of halogens is 1. The molecule has 1 aliphatic heterocycles. The van der Waals surface area contributed by atoms with Crippen molar-refractivity contribution in [1.29, 1.82) is 5.41 Å². The van der Waals surface area contributed by atoms with Gasteiger partial charge in [-0.1, -0.05) is 41.9 Å². The van der Waals surface area contributed by atoms with Gasteiger partial charge in [0.05, 0.1) is 16.3 Å². The zero-order chi connectivity index (χ0) is 20.7. The maximum Gasteiger partial charge on any atom is 0.296 e. The minimum Gasteiger partial charge on any atom is -0.283 e. The molecule has 1 aromatic heterocycles. The normalized spacial score (nSPS) is 15.6. The van der Waals surface area contributed by atoms with Crippen molar-refractivity contribution >= 4 is 46.2 Å². The Morgan fingerprint density at radius 3 is 2.34 bits per heavy atom. The third kappa shape index (κ3) is 3.32. The highest BCUT2D eigenvalue weighted by Gasteiger charge is 2.37. The van der Waals surface area contributed by atoms with Gasteiger partial charge >= 0.3 is 0 Å². The van der Waals surface area contributed by atoms with Gasteiger partial charge in [0, 0.05) is 12.1 Å². The molecule has 0 atom stereocenters. The lowest BCUT2D eigenvalue weighted by atomic mass is 10.2. The summed E-state index contributed by atoms with van der Waals surface area (Å²) in [4.78, 5) is 27.8. The van der Waals surface area contributed by atoms with Gasteiger partial charge < -0.3 is 0 Å². The third-order valence-electron chi connectivity index (χ3n) is 4.74. The summed E-state index contributed by atoms with van der Waals surface area (Å²) in [5.74, 6) is -0.388. The zero-order valence-electron chi connectivity index (χ0n) is 15.7.